The first-order valence-corrected chi connectivity index (χ1v) is 7.59. The molecule has 0 aliphatic carbocycles. The summed E-state index contributed by atoms with van der Waals surface area (Å²) in [7, 11) is 0. The van der Waals surface area contributed by atoms with Crippen molar-refractivity contribution in [2.24, 2.45) is 0 Å². The summed E-state index contributed by atoms with van der Waals surface area (Å²) in [5, 5.41) is 15.4. The van der Waals surface area contributed by atoms with Gasteiger partial charge in [-0.05, 0) is 34.5 Å². The van der Waals surface area contributed by atoms with E-state index in [1.807, 2.05) is 19.1 Å². The van der Waals surface area contributed by atoms with Gasteiger partial charge >= 0.3 is 5.97 Å². The normalized spacial score (nSPS) is 10.7. The fraction of sp³-hybridized carbons (Fsp3) is 0.333. The Labute approximate surface area is 138 Å². The van der Waals surface area contributed by atoms with Gasteiger partial charge in [0, 0.05) is 6.54 Å². The Kier molecular flexibility index (Phi) is 4.90. The van der Waals surface area contributed by atoms with Crippen LogP contribution in [0.2, 0.25) is 0 Å². The number of esters is 1. The smallest absolute Gasteiger partial charge is 0.338 e. The second-order valence-electron chi connectivity index (χ2n) is 5.18. The number of carbonyl (C=O) groups is 1. The highest BCUT2D eigenvalue weighted by Crippen LogP contribution is 2.08. The average molecular weight is 327 g/mol. The molecule has 0 radical (unpaired) electrons. The predicted octanol–water partition coefficient (Wildman–Crippen LogP) is 1.08. The maximum Gasteiger partial charge on any atom is 0.338 e. The minimum Gasteiger partial charge on any atom is -0.454 e. The fourth-order valence-corrected chi connectivity index (χ4v) is 2.17. The number of ether oxygens (including phenoxy) is 1. The van der Waals surface area contributed by atoms with E-state index in [4.69, 9.17) is 4.74 Å². The van der Waals surface area contributed by atoms with Gasteiger partial charge in [0.05, 0.1) is 12.1 Å². The molecule has 2 aromatic heterocycles. The highest BCUT2D eigenvalue weighted by atomic mass is 16.5. The molecule has 0 saturated carbocycles. The molecule has 9 heteroatoms. The molecule has 0 fully saturated rings. The van der Waals surface area contributed by atoms with Crippen LogP contribution in [0.4, 0.5) is 0 Å². The number of tetrazole rings is 1. The third kappa shape index (κ3) is 3.80. The van der Waals surface area contributed by atoms with Crippen LogP contribution >= 0.6 is 0 Å². The Hall–Kier alpha value is -3.10. The van der Waals surface area contributed by atoms with E-state index in [0.717, 1.165) is 12.0 Å². The number of carbonyl (C=O) groups excluding carboxylic acids is 1. The van der Waals surface area contributed by atoms with Gasteiger partial charge in [0.2, 0.25) is 0 Å². The summed E-state index contributed by atoms with van der Waals surface area (Å²) in [6.45, 7) is 3.36. The Morgan fingerprint density at radius 1 is 1.25 bits per heavy atom. The molecule has 0 aliphatic heterocycles. The highest BCUT2D eigenvalue weighted by Gasteiger charge is 2.11. The Morgan fingerprint density at radius 3 is 2.79 bits per heavy atom. The molecule has 0 atom stereocenters. The summed E-state index contributed by atoms with van der Waals surface area (Å²) in [5.74, 6) is 0.126. The van der Waals surface area contributed by atoms with E-state index in [2.05, 4.69) is 25.6 Å². The van der Waals surface area contributed by atoms with Crippen molar-refractivity contribution in [2.75, 3.05) is 0 Å². The van der Waals surface area contributed by atoms with Crippen molar-refractivity contribution in [3.63, 3.8) is 0 Å². The van der Waals surface area contributed by atoms with E-state index in [1.54, 1.807) is 27.8 Å². The van der Waals surface area contributed by atoms with Crippen molar-refractivity contribution in [1.29, 1.82) is 0 Å². The highest BCUT2D eigenvalue weighted by molar-refractivity contribution is 5.89. The molecular formula is C15H17N7O2. The van der Waals surface area contributed by atoms with Gasteiger partial charge in [-0.15, -0.1) is 5.10 Å². The number of aromatic nitrogens is 7. The SMILES string of the molecule is CCCn1nnnc1COC(=O)c1ccc(Cn2cncn2)cc1. The van der Waals surface area contributed by atoms with Gasteiger partial charge in [-0.1, -0.05) is 19.1 Å². The molecular weight excluding hydrogens is 310 g/mol. The predicted molar refractivity (Wildman–Crippen MR) is 82.8 cm³/mol. The van der Waals surface area contributed by atoms with Gasteiger partial charge in [-0.2, -0.15) is 5.10 Å². The summed E-state index contributed by atoms with van der Waals surface area (Å²) < 4.78 is 8.62. The summed E-state index contributed by atoms with van der Waals surface area (Å²) in [6, 6.07) is 7.17. The maximum absolute atomic E-state index is 12.1. The van der Waals surface area contributed by atoms with Crippen LogP contribution in [-0.4, -0.2) is 40.9 Å². The minimum absolute atomic E-state index is 0.0482. The van der Waals surface area contributed by atoms with Crippen molar-refractivity contribution >= 4 is 5.97 Å². The molecule has 124 valence electrons. The Bertz CT molecular complexity index is 781. The Balaban J connectivity index is 1.57. The number of hydrogen-bond acceptors (Lipinski definition) is 7. The molecule has 0 bridgehead atoms. The van der Waals surface area contributed by atoms with E-state index < -0.39 is 5.97 Å². The van der Waals surface area contributed by atoms with Gasteiger partial charge < -0.3 is 4.74 Å². The largest absolute Gasteiger partial charge is 0.454 e. The van der Waals surface area contributed by atoms with Crippen molar-refractivity contribution in [3.8, 4) is 0 Å². The molecule has 1 aromatic carbocycles. The molecule has 2 heterocycles. The average Bonchev–Trinajstić information content (AvgIpc) is 3.26. The molecule has 0 unspecified atom stereocenters. The van der Waals surface area contributed by atoms with Crippen LogP contribution < -0.4 is 0 Å². The second kappa shape index (κ2) is 7.44. The standard InChI is InChI=1S/C15H17N7O2/c1-2-7-22-14(18-19-20-22)9-24-15(23)13-5-3-12(4-6-13)8-21-11-16-10-17-21/h3-6,10-11H,2,7-9H2,1H3. The molecule has 3 rings (SSSR count). The molecule has 0 N–H and O–H groups in total. The first-order chi connectivity index (χ1) is 11.8. The number of benzene rings is 1. The molecule has 3 aromatic rings. The van der Waals surface area contributed by atoms with Gasteiger partial charge in [0.1, 0.15) is 12.7 Å². The molecule has 24 heavy (non-hydrogen) atoms. The zero-order chi connectivity index (χ0) is 16.8. The second-order valence-corrected chi connectivity index (χ2v) is 5.18. The van der Waals surface area contributed by atoms with Crippen LogP contribution in [0, 0.1) is 0 Å². The van der Waals surface area contributed by atoms with Gasteiger partial charge in [0.25, 0.3) is 0 Å². The summed E-state index contributed by atoms with van der Waals surface area (Å²) in [6.07, 6.45) is 4.03. The van der Waals surface area contributed by atoms with Crippen molar-refractivity contribution < 1.29 is 9.53 Å². The van der Waals surface area contributed by atoms with E-state index in [-0.39, 0.29) is 6.61 Å². The third-order valence-electron chi connectivity index (χ3n) is 3.37. The van der Waals surface area contributed by atoms with Crippen molar-refractivity contribution in [3.05, 3.63) is 53.9 Å². The monoisotopic (exact) mass is 327 g/mol. The minimum atomic E-state index is -0.409. The van der Waals surface area contributed by atoms with Crippen LogP contribution in [0.5, 0.6) is 0 Å². The zero-order valence-corrected chi connectivity index (χ0v) is 13.2. The lowest BCUT2D eigenvalue weighted by Crippen LogP contribution is -2.11. The summed E-state index contributed by atoms with van der Waals surface area (Å²) in [4.78, 5) is 16.0. The van der Waals surface area contributed by atoms with Crippen LogP contribution in [0.3, 0.4) is 0 Å². The Morgan fingerprint density at radius 2 is 2.08 bits per heavy atom. The maximum atomic E-state index is 12.1. The quantitative estimate of drug-likeness (QED) is 0.598. The van der Waals surface area contributed by atoms with Crippen LogP contribution in [0.1, 0.15) is 35.1 Å². The first kappa shape index (κ1) is 15.8. The number of aryl methyl sites for hydroxylation is 1. The third-order valence-corrected chi connectivity index (χ3v) is 3.37. The van der Waals surface area contributed by atoms with Gasteiger partial charge in [-0.25, -0.2) is 19.1 Å². The van der Waals surface area contributed by atoms with E-state index in [9.17, 15) is 4.79 Å². The fourth-order valence-electron chi connectivity index (χ4n) is 2.17. The molecule has 0 saturated heterocycles. The summed E-state index contributed by atoms with van der Waals surface area (Å²) in [5.41, 5.74) is 1.50. The molecule has 0 amide bonds. The number of nitrogens with zero attached hydrogens (tertiary/aromatic N) is 7. The first-order valence-electron chi connectivity index (χ1n) is 7.59. The molecule has 0 spiro atoms. The lowest BCUT2D eigenvalue weighted by molar-refractivity contribution is 0.0456. The van der Waals surface area contributed by atoms with Gasteiger partial charge in [-0.3, -0.25) is 0 Å². The van der Waals surface area contributed by atoms with Crippen molar-refractivity contribution in [2.45, 2.75) is 33.0 Å². The molecule has 0 aliphatic rings. The van der Waals surface area contributed by atoms with E-state index >= 15 is 0 Å². The van der Waals surface area contributed by atoms with Crippen LogP contribution in [0.25, 0.3) is 0 Å². The topological polar surface area (TPSA) is 101 Å². The lowest BCUT2D eigenvalue weighted by atomic mass is 10.1. The molecule has 9 nitrogen and oxygen atoms in total. The van der Waals surface area contributed by atoms with Crippen LogP contribution in [-0.2, 0) is 24.4 Å². The van der Waals surface area contributed by atoms with E-state index in [1.165, 1.54) is 6.33 Å². The lowest BCUT2D eigenvalue weighted by Gasteiger charge is -2.06. The van der Waals surface area contributed by atoms with Gasteiger partial charge in [0.15, 0.2) is 12.4 Å². The van der Waals surface area contributed by atoms with Crippen LogP contribution in [0.15, 0.2) is 36.9 Å². The summed E-state index contributed by atoms with van der Waals surface area (Å²) >= 11 is 0. The number of hydrogen-bond donors (Lipinski definition) is 0. The number of rotatable bonds is 7. The van der Waals surface area contributed by atoms with Crippen molar-refractivity contribution in [1.82, 2.24) is 35.0 Å². The zero-order valence-electron chi connectivity index (χ0n) is 13.2. The van der Waals surface area contributed by atoms with E-state index in [0.29, 0.717) is 24.5 Å².